The molecular formula is C16H19N3O3. The number of rotatable bonds is 6. The van der Waals surface area contributed by atoms with Crippen LogP contribution < -0.4 is 15.4 Å². The highest BCUT2D eigenvalue weighted by Crippen LogP contribution is 2.20. The predicted octanol–water partition coefficient (Wildman–Crippen LogP) is 2.95. The van der Waals surface area contributed by atoms with Gasteiger partial charge >= 0.3 is 6.03 Å². The van der Waals surface area contributed by atoms with Crippen molar-refractivity contribution in [3.05, 3.63) is 48.2 Å². The Morgan fingerprint density at radius 2 is 1.95 bits per heavy atom. The minimum atomic E-state index is -0.300. The van der Waals surface area contributed by atoms with Crippen LogP contribution in [0.5, 0.6) is 11.6 Å². The van der Waals surface area contributed by atoms with Crippen molar-refractivity contribution in [2.45, 2.75) is 6.92 Å². The average Bonchev–Trinajstić information content (AvgIpc) is 2.52. The maximum Gasteiger partial charge on any atom is 0.319 e. The van der Waals surface area contributed by atoms with Crippen molar-refractivity contribution in [2.75, 3.05) is 25.6 Å². The van der Waals surface area contributed by atoms with Crippen molar-refractivity contribution in [3.8, 4) is 11.6 Å². The number of urea groups is 1. The zero-order chi connectivity index (χ0) is 15.8. The Morgan fingerprint density at radius 3 is 2.59 bits per heavy atom. The highest BCUT2D eigenvalue weighted by atomic mass is 16.5. The molecule has 6 nitrogen and oxygen atoms in total. The van der Waals surface area contributed by atoms with Crippen molar-refractivity contribution in [1.29, 1.82) is 0 Å². The van der Waals surface area contributed by atoms with Crippen LogP contribution in [0.15, 0.2) is 42.6 Å². The summed E-state index contributed by atoms with van der Waals surface area (Å²) in [6, 6.07) is 10.8. The highest BCUT2D eigenvalue weighted by Gasteiger charge is 2.03. The molecule has 0 fully saturated rings. The lowest BCUT2D eigenvalue weighted by Crippen LogP contribution is -2.31. The van der Waals surface area contributed by atoms with Gasteiger partial charge in [0, 0.05) is 19.7 Å². The molecule has 0 atom stereocenters. The molecule has 1 aromatic heterocycles. The van der Waals surface area contributed by atoms with Gasteiger partial charge in [0.05, 0.1) is 18.5 Å². The average molecular weight is 301 g/mol. The first kappa shape index (κ1) is 15.8. The van der Waals surface area contributed by atoms with Crippen LogP contribution in [0.25, 0.3) is 0 Å². The molecule has 2 amide bonds. The fourth-order valence-electron chi connectivity index (χ4n) is 1.68. The quantitative estimate of drug-likeness (QED) is 0.805. The van der Waals surface area contributed by atoms with Crippen LogP contribution >= 0.6 is 0 Å². The van der Waals surface area contributed by atoms with E-state index < -0.39 is 0 Å². The summed E-state index contributed by atoms with van der Waals surface area (Å²) in [5.74, 6) is 1.19. The molecule has 116 valence electrons. The largest absolute Gasteiger partial charge is 0.439 e. The van der Waals surface area contributed by atoms with Crippen molar-refractivity contribution < 1.29 is 14.3 Å². The number of nitrogens with zero attached hydrogens (tertiary/aromatic N) is 1. The number of hydrogen-bond acceptors (Lipinski definition) is 4. The molecule has 2 rings (SSSR count). The van der Waals surface area contributed by atoms with E-state index in [1.807, 2.05) is 31.2 Å². The summed E-state index contributed by atoms with van der Waals surface area (Å²) < 4.78 is 10.5. The van der Waals surface area contributed by atoms with Gasteiger partial charge in [-0.3, -0.25) is 0 Å². The molecule has 0 aliphatic rings. The van der Waals surface area contributed by atoms with E-state index in [9.17, 15) is 4.79 Å². The normalized spacial score (nSPS) is 10.1. The lowest BCUT2D eigenvalue weighted by atomic mass is 10.2. The summed E-state index contributed by atoms with van der Waals surface area (Å²) in [5.41, 5.74) is 1.76. The molecule has 0 spiro atoms. The van der Waals surface area contributed by atoms with Gasteiger partial charge in [-0.25, -0.2) is 9.78 Å². The van der Waals surface area contributed by atoms with Crippen LogP contribution in [0, 0.1) is 6.92 Å². The van der Waals surface area contributed by atoms with E-state index in [1.54, 1.807) is 25.4 Å². The number of ether oxygens (including phenoxy) is 2. The number of benzene rings is 1. The summed E-state index contributed by atoms with van der Waals surface area (Å²) in [4.78, 5) is 15.7. The molecule has 0 aliphatic heterocycles. The molecule has 0 bridgehead atoms. The molecule has 0 radical (unpaired) electrons. The maximum absolute atomic E-state index is 11.6. The third kappa shape index (κ3) is 5.06. The Morgan fingerprint density at radius 1 is 1.18 bits per heavy atom. The van der Waals surface area contributed by atoms with Crippen LogP contribution in [0.1, 0.15) is 5.56 Å². The van der Waals surface area contributed by atoms with Crippen molar-refractivity contribution in [1.82, 2.24) is 10.3 Å². The second kappa shape index (κ2) is 7.99. The standard InChI is InChI=1S/C16H19N3O3/c1-12-3-6-14(7-4-12)22-15-8-5-13(11-18-15)19-16(20)17-9-10-21-2/h3-8,11H,9-10H2,1-2H3,(H2,17,19,20). The third-order valence-corrected chi connectivity index (χ3v) is 2.83. The Hall–Kier alpha value is -2.60. The van der Waals surface area contributed by atoms with Crippen LogP contribution in [-0.4, -0.2) is 31.3 Å². The van der Waals surface area contributed by atoms with E-state index >= 15 is 0 Å². The van der Waals surface area contributed by atoms with Gasteiger partial charge in [-0.1, -0.05) is 17.7 Å². The predicted molar refractivity (Wildman–Crippen MR) is 84.4 cm³/mol. The molecule has 0 aliphatic carbocycles. The minimum absolute atomic E-state index is 0.300. The van der Waals surface area contributed by atoms with Crippen LogP contribution in [-0.2, 0) is 4.74 Å². The summed E-state index contributed by atoms with van der Waals surface area (Å²) in [6.45, 7) is 2.93. The molecule has 2 aromatic rings. The monoisotopic (exact) mass is 301 g/mol. The zero-order valence-electron chi connectivity index (χ0n) is 12.6. The number of pyridine rings is 1. The van der Waals surface area contributed by atoms with E-state index in [4.69, 9.17) is 9.47 Å². The number of amides is 2. The van der Waals surface area contributed by atoms with E-state index in [-0.39, 0.29) is 6.03 Å². The molecule has 6 heteroatoms. The van der Waals surface area contributed by atoms with Gasteiger partial charge in [0.15, 0.2) is 0 Å². The number of carbonyl (C=O) groups excluding carboxylic acids is 1. The van der Waals surface area contributed by atoms with Crippen LogP contribution in [0.2, 0.25) is 0 Å². The van der Waals surface area contributed by atoms with Gasteiger partial charge in [-0.15, -0.1) is 0 Å². The van der Waals surface area contributed by atoms with E-state index in [0.29, 0.717) is 24.7 Å². The second-order valence-corrected chi connectivity index (χ2v) is 4.67. The molecule has 1 aromatic carbocycles. The number of nitrogens with one attached hydrogen (secondary N) is 2. The Bertz CT molecular complexity index is 597. The first-order valence-corrected chi connectivity index (χ1v) is 6.92. The molecule has 0 saturated heterocycles. The second-order valence-electron chi connectivity index (χ2n) is 4.67. The first-order valence-electron chi connectivity index (χ1n) is 6.92. The number of aryl methyl sites for hydroxylation is 1. The van der Waals surface area contributed by atoms with Crippen molar-refractivity contribution >= 4 is 11.7 Å². The fourth-order valence-corrected chi connectivity index (χ4v) is 1.68. The number of anilines is 1. The van der Waals surface area contributed by atoms with Gasteiger partial charge in [-0.2, -0.15) is 0 Å². The molecule has 0 saturated carbocycles. The summed E-state index contributed by atoms with van der Waals surface area (Å²) in [6.07, 6.45) is 1.54. The van der Waals surface area contributed by atoms with E-state index in [2.05, 4.69) is 15.6 Å². The summed E-state index contributed by atoms with van der Waals surface area (Å²) in [7, 11) is 1.58. The third-order valence-electron chi connectivity index (χ3n) is 2.83. The Balaban J connectivity index is 1.87. The lowest BCUT2D eigenvalue weighted by molar-refractivity contribution is 0.198. The van der Waals surface area contributed by atoms with E-state index in [1.165, 1.54) is 5.56 Å². The van der Waals surface area contributed by atoms with Gasteiger partial charge in [0.2, 0.25) is 5.88 Å². The number of carbonyl (C=O) groups is 1. The minimum Gasteiger partial charge on any atom is -0.439 e. The van der Waals surface area contributed by atoms with E-state index in [0.717, 1.165) is 5.75 Å². The Kier molecular flexibility index (Phi) is 5.73. The summed E-state index contributed by atoms with van der Waals surface area (Å²) in [5, 5.41) is 5.33. The molecule has 22 heavy (non-hydrogen) atoms. The lowest BCUT2D eigenvalue weighted by Gasteiger charge is -2.08. The van der Waals surface area contributed by atoms with Gasteiger partial charge in [-0.05, 0) is 25.1 Å². The van der Waals surface area contributed by atoms with Crippen molar-refractivity contribution in [3.63, 3.8) is 0 Å². The van der Waals surface area contributed by atoms with Crippen LogP contribution in [0.3, 0.4) is 0 Å². The zero-order valence-corrected chi connectivity index (χ0v) is 12.6. The number of aromatic nitrogens is 1. The number of methoxy groups -OCH3 is 1. The Labute approximate surface area is 129 Å². The first-order chi connectivity index (χ1) is 10.7. The summed E-state index contributed by atoms with van der Waals surface area (Å²) >= 11 is 0. The van der Waals surface area contributed by atoms with Gasteiger partial charge in [0.1, 0.15) is 5.75 Å². The number of hydrogen-bond donors (Lipinski definition) is 2. The highest BCUT2D eigenvalue weighted by molar-refractivity contribution is 5.88. The molecule has 0 unspecified atom stereocenters. The molecular weight excluding hydrogens is 282 g/mol. The van der Waals surface area contributed by atoms with Gasteiger partial charge in [0.25, 0.3) is 0 Å². The van der Waals surface area contributed by atoms with Crippen molar-refractivity contribution in [2.24, 2.45) is 0 Å². The van der Waals surface area contributed by atoms with Gasteiger partial charge < -0.3 is 20.1 Å². The topological polar surface area (TPSA) is 72.5 Å². The SMILES string of the molecule is COCCNC(=O)Nc1ccc(Oc2ccc(C)cc2)nc1. The fraction of sp³-hybridized carbons (Fsp3) is 0.250. The maximum atomic E-state index is 11.6. The molecule has 2 N–H and O–H groups in total. The smallest absolute Gasteiger partial charge is 0.319 e. The molecule has 1 heterocycles. The van der Waals surface area contributed by atoms with Crippen LogP contribution in [0.4, 0.5) is 10.5 Å².